The van der Waals surface area contributed by atoms with Crippen LogP contribution in [0.25, 0.3) is 0 Å². The van der Waals surface area contributed by atoms with Crippen molar-refractivity contribution in [1.29, 1.82) is 0 Å². The van der Waals surface area contributed by atoms with Crippen LogP contribution in [-0.4, -0.2) is 52.9 Å². The summed E-state index contributed by atoms with van der Waals surface area (Å²) in [5.74, 6) is -0.0516. The van der Waals surface area contributed by atoms with Gasteiger partial charge in [-0.15, -0.1) is 0 Å². The lowest BCUT2D eigenvalue weighted by molar-refractivity contribution is 0.0664. The average molecular weight is 359 g/mol. The Hall–Kier alpha value is -2.60. The van der Waals surface area contributed by atoms with E-state index in [1.54, 1.807) is 40.4 Å². The van der Waals surface area contributed by atoms with Crippen LogP contribution in [0, 0.1) is 0 Å². The molecule has 0 bridgehead atoms. The summed E-state index contributed by atoms with van der Waals surface area (Å²) in [6.07, 6.45) is 3.20. The number of nitrogens with zero attached hydrogens (tertiary/aromatic N) is 3. The summed E-state index contributed by atoms with van der Waals surface area (Å²) in [5, 5.41) is 3.51. The molecule has 1 N–H and O–H groups in total. The predicted molar refractivity (Wildman–Crippen MR) is 95.4 cm³/mol. The van der Waals surface area contributed by atoms with Crippen molar-refractivity contribution in [3.8, 4) is 0 Å². The molecular formula is C18H19ClN4O2. The predicted octanol–water partition coefficient (Wildman–Crippen LogP) is 2.40. The molecule has 1 fully saturated rings. The number of halogens is 1. The Morgan fingerprint density at radius 2 is 1.76 bits per heavy atom. The molecule has 0 saturated carbocycles. The summed E-state index contributed by atoms with van der Waals surface area (Å²) in [4.78, 5) is 32.1. The van der Waals surface area contributed by atoms with E-state index in [0.717, 1.165) is 5.56 Å². The standard InChI is InChI=1S/C18H19ClN4O2/c19-16-6-2-1-4-14(16)13-21-18(25)23-10-8-22(9-11-23)17(24)15-5-3-7-20-12-15/h1-7,12H,8-11,13H2,(H,21,25). The van der Waals surface area contributed by atoms with Crippen molar-refractivity contribution in [2.75, 3.05) is 26.2 Å². The third-order valence-electron chi connectivity index (χ3n) is 4.15. The summed E-state index contributed by atoms with van der Waals surface area (Å²) < 4.78 is 0. The van der Waals surface area contributed by atoms with E-state index >= 15 is 0 Å². The van der Waals surface area contributed by atoms with Crippen molar-refractivity contribution < 1.29 is 9.59 Å². The lowest BCUT2D eigenvalue weighted by Crippen LogP contribution is -2.53. The van der Waals surface area contributed by atoms with E-state index in [4.69, 9.17) is 11.6 Å². The van der Waals surface area contributed by atoms with E-state index in [2.05, 4.69) is 10.3 Å². The first-order valence-electron chi connectivity index (χ1n) is 8.10. The highest BCUT2D eigenvalue weighted by atomic mass is 35.5. The minimum Gasteiger partial charge on any atom is -0.335 e. The van der Waals surface area contributed by atoms with Crippen molar-refractivity contribution in [2.45, 2.75) is 6.54 Å². The second-order valence-corrected chi connectivity index (χ2v) is 6.18. The number of hydrogen-bond donors (Lipinski definition) is 1. The first kappa shape index (κ1) is 17.2. The quantitative estimate of drug-likeness (QED) is 0.916. The Kier molecular flexibility index (Phi) is 5.50. The maximum absolute atomic E-state index is 12.4. The van der Waals surface area contributed by atoms with Crippen LogP contribution in [0.5, 0.6) is 0 Å². The maximum atomic E-state index is 12.4. The number of amides is 3. The smallest absolute Gasteiger partial charge is 0.317 e. The van der Waals surface area contributed by atoms with E-state index in [1.807, 2.05) is 18.2 Å². The second-order valence-electron chi connectivity index (χ2n) is 5.77. The molecule has 1 aromatic heterocycles. The highest BCUT2D eigenvalue weighted by molar-refractivity contribution is 6.31. The third kappa shape index (κ3) is 4.28. The van der Waals surface area contributed by atoms with Crippen LogP contribution in [0.2, 0.25) is 5.02 Å². The van der Waals surface area contributed by atoms with Crippen molar-refractivity contribution >= 4 is 23.5 Å². The number of aromatic nitrogens is 1. The fraction of sp³-hybridized carbons (Fsp3) is 0.278. The van der Waals surface area contributed by atoms with Gasteiger partial charge in [0.05, 0.1) is 5.56 Å². The van der Waals surface area contributed by atoms with Gasteiger partial charge in [0.1, 0.15) is 0 Å². The zero-order valence-corrected chi connectivity index (χ0v) is 14.4. The summed E-state index contributed by atoms with van der Waals surface area (Å²) >= 11 is 6.09. The molecule has 1 aliphatic rings. The van der Waals surface area contributed by atoms with Crippen LogP contribution in [0.3, 0.4) is 0 Å². The highest BCUT2D eigenvalue weighted by Crippen LogP contribution is 2.14. The SMILES string of the molecule is O=C(NCc1ccccc1Cl)N1CCN(C(=O)c2cccnc2)CC1. The number of piperazine rings is 1. The van der Waals surface area contributed by atoms with Gasteiger partial charge in [0, 0.05) is 50.1 Å². The van der Waals surface area contributed by atoms with Crippen LogP contribution in [-0.2, 0) is 6.54 Å². The van der Waals surface area contributed by atoms with E-state index in [1.165, 1.54) is 0 Å². The molecular weight excluding hydrogens is 340 g/mol. The molecule has 2 aromatic rings. The fourth-order valence-electron chi connectivity index (χ4n) is 2.71. The minimum absolute atomic E-state index is 0.0516. The molecule has 2 heterocycles. The van der Waals surface area contributed by atoms with Crippen molar-refractivity contribution in [1.82, 2.24) is 20.1 Å². The molecule has 25 heavy (non-hydrogen) atoms. The van der Waals surface area contributed by atoms with Crippen LogP contribution >= 0.6 is 11.6 Å². The van der Waals surface area contributed by atoms with Gasteiger partial charge in [-0.3, -0.25) is 9.78 Å². The minimum atomic E-state index is -0.145. The van der Waals surface area contributed by atoms with E-state index in [0.29, 0.717) is 43.3 Å². The molecule has 1 saturated heterocycles. The lowest BCUT2D eigenvalue weighted by atomic mass is 10.2. The Morgan fingerprint density at radius 1 is 1.04 bits per heavy atom. The van der Waals surface area contributed by atoms with Crippen molar-refractivity contribution in [3.05, 3.63) is 64.9 Å². The number of benzene rings is 1. The molecule has 130 valence electrons. The van der Waals surface area contributed by atoms with Gasteiger partial charge in [-0.05, 0) is 23.8 Å². The monoisotopic (exact) mass is 358 g/mol. The van der Waals surface area contributed by atoms with Gasteiger partial charge in [0.15, 0.2) is 0 Å². The third-order valence-corrected chi connectivity index (χ3v) is 4.52. The molecule has 6 nitrogen and oxygen atoms in total. The van der Waals surface area contributed by atoms with Crippen LogP contribution in [0.1, 0.15) is 15.9 Å². The Labute approximate surface area is 151 Å². The molecule has 0 radical (unpaired) electrons. The van der Waals surface area contributed by atoms with Crippen molar-refractivity contribution in [3.63, 3.8) is 0 Å². The number of carbonyl (C=O) groups excluding carboxylic acids is 2. The van der Waals surface area contributed by atoms with Gasteiger partial charge in [-0.1, -0.05) is 29.8 Å². The molecule has 0 spiro atoms. The van der Waals surface area contributed by atoms with Gasteiger partial charge in [-0.2, -0.15) is 0 Å². The largest absolute Gasteiger partial charge is 0.335 e. The van der Waals surface area contributed by atoms with Crippen molar-refractivity contribution in [2.24, 2.45) is 0 Å². The molecule has 7 heteroatoms. The molecule has 1 aromatic carbocycles. The Morgan fingerprint density at radius 3 is 2.44 bits per heavy atom. The topological polar surface area (TPSA) is 65.5 Å². The van der Waals surface area contributed by atoms with Gasteiger partial charge in [0.25, 0.3) is 5.91 Å². The van der Waals surface area contributed by atoms with Crippen LogP contribution in [0.15, 0.2) is 48.8 Å². The van der Waals surface area contributed by atoms with E-state index in [-0.39, 0.29) is 11.9 Å². The first-order chi connectivity index (χ1) is 12.1. The van der Waals surface area contributed by atoms with Crippen LogP contribution in [0.4, 0.5) is 4.79 Å². The highest BCUT2D eigenvalue weighted by Gasteiger charge is 2.24. The zero-order chi connectivity index (χ0) is 17.6. The summed E-state index contributed by atoms with van der Waals surface area (Å²) in [6, 6.07) is 10.8. The molecule has 1 aliphatic heterocycles. The van der Waals surface area contributed by atoms with Gasteiger partial charge in [0.2, 0.25) is 0 Å². The molecule has 3 rings (SSSR count). The summed E-state index contributed by atoms with van der Waals surface area (Å²) in [6.45, 7) is 2.40. The van der Waals surface area contributed by atoms with Gasteiger partial charge >= 0.3 is 6.03 Å². The van der Waals surface area contributed by atoms with E-state index < -0.39 is 0 Å². The number of hydrogen-bond acceptors (Lipinski definition) is 3. The summed E-state index contributed by atoms with van der Waals surface area (Å²) in [5.41, 5.74) is 1.45. The number of nitrogens with one attached hydrogen (secondary N) is 1. The fourth-order valence-corrected chi connectivity index (χ4v) is 2.91. The normalized spacial score (nSPS) is 14.3. The maximum Gasteiger partial charge on any atom is 0.317 e. The molecule has 0 unspecified atom stereocenters. The Bertz CT molecular complexity index is 746. The lowest BCUT2D eigenvalue weighted by Gasteiger charge is -2.34. The average Bonchev–Trinajstić information content (AvgIpc) is 2.67. The Balaban J connectivity index is 1.49. The van der Waals surface area contributed by atoms with Crippen LogP contribution < -0.4 is 5.32 Å². The molecule has 0 aliphatic carbocycles. The van der Waals surface area contributed by atoms with Gasteiger partial charge < -0.3 is 15.1 Å². The zero-order valence-electron chi connectivity index (χ0n) is 13.7. The number of urea groups is 1. The molecule has 3 amide bonds. The number of carbonyl (C=O) groups is 2. The molecule has 0 atom stereocenters. The first-order valence-corrected chi connectivity index (χ1v) is 8.48. The number of pyridine rings is 1. The van der Waals surface area contributed by atoms with E-state index in [9.17, 15) is 9.59 Å². The number of rotatable bonds is 3. The summed E-state index contributed by atoms with van der Waals surface area (Å²) in [7, 11) is 0. The second kappa shape index (κ2) is 7.98. The van der Waals surface area contributed by atoms with Gasteiger partial charge in [-0.25, -0.2) is 4.79 Å².